The largest absolute Gasteiger partial charge is 1.00 e. The summed E-state index contributed by atoms with van der Waals surface area (Å²) in [7, 11) is 0. The molecule has 0 atom stereocenters. The van der Waals surface area contributed by atoms with Gasteiger partial charge in [-0.05, 0) is 18.3 Å². The SMILES string of the molecule is CC1(C)CC1.[H-].[H-].[H-].[K+].[K+].[K+]. The number of hydrogen-bond donors (Lipinski definition) is 0. The summed E-state index contributed by atoms with van der Waals surface area (Å²) in [5, 5.41) is 0. The van der Waals surface area contributed by atoms with E-state index in [0.29, 0.717) is 0 Å². The van der Waals surface area contributed by atoms with Gasteiger partial charge in [0.05, 0.1) is 0 Å². The summed E-state index contributed by atoms with van der Waals surface area (Å²) in [6.45, 7) is 4.60. The first kappa shape index (κ1) is 18.6. The standard InChI is InChI=1S/C5H10.3K.3H/c1-5(2)3-4-5;;;;;;/h3-4H2,1-2H3;;;;;;/q;3*+1;3*-1. The van der Waals surface area contributed by atoms with E-state index in [-0.39, 0.29) is 158 Å². The zero-order valence-electron chi connectivity index (χ0n) is 9.91. The fourth-order valence-corrected chi connectivity index (χ4v) is 0.250. The van der Waals surface area contributed by atoms with Crippen LogP contribution in [0, 0.1) is 5.41 Å². The third-order valence-corrected chi connectivity index (χ3v) is 1.25. The maximum Gasteiger partial charge on any atom is 1.00 e. The second-order valence-corrected chi connectivity index (χ2v) is 2.66. The van der Waals surface area contributed by atoms with Gasteiger partial charge in [0.25, 0.3) is 0 Å². The summed E-state index contributed by atoms with van der Waals surface area (Å²) in [5.74, 6) is 0. The van der Waals surface area contributed by atoms with E-state index in [4.69, 9.17) is 0 Å². The van der Waals surface area contributed by atoms with E-state index in [1.165, 1.54) is 12.8 Å². The molecule has 0 unspecified atom stereocenters. The molecular formula is C5H13K3. The molecule has 1 fully saturated rings. The van der Waals surface area contributed by atoms with Crippen LogP contribution in [0.5, 0.6) is 0 Å². The van der Waals surface area contributed by atoms with Crippen LogP contribution in [-0.2, 0) is 0 Å². The Balaban J connectivity index is -0.0000000104. The molecular weight excluding hydrogens is 177 g/mol. The summed E-state index contributed by atoms with van der Waals surface area (Å²) < 4.78 is 0. The van der Waals surface area contributed by atoms with Gasteiger partial charge in [-0.2, -0.15) is 0 Å². The van der Waals surface area contributed by atoms with Gasteiger partial charge in [-0.15, -0.1) is 0 Å². The van der Waals surface area contributed by atoms with Gasteiger partial charge in [0.15, 0.2) is 0 Å². The molecule has 3 heteroatoms. The molecule has 0 aromatic rings. The Kier molecular flexibility index (Phi) is 19.8. The van der Waals surface area contributed by atoms with Gasteiger partial charge in [-0.1, -0.05) is 13.8 Å². The molecule has 1 aliphatic rings. The molecule has 0 radical (unpaired) electrons. The van der Waals surface area contributed by atoms with E-state index in [1.807, 2.05) is 0 Å². The van der Waals surface area contributed by atoms with Crippen LogP contribution < -0.4 is 154 Å². The van der Waals surface area contributed by atoms with Crippen molar-refractivity contribution < 1.29 is 158 Å². The van der Waals surface area contributed by atoms with E-state index in [0.717, 1.165) is 5.41 Å². The van der Waals surface area contributed by atoms with Crippen LogP contribution in [0.25, 0.3) is 0 Å². The minimum atomic E-state index is 0. The Hall–Kier alpha value is 4.91. The van der Waals surface area contributed by atoms with Crippen molar-refractivity contribution in [3.63, 3.8) is 0 Å². The molecule has 1 aliphatic carbocycles. The molecule has 0 spiro atoms. The Morgan fingerprint density at radius 1 is 1.00 bits per heavy atom. The molecule has 0 N–H and O–H groups in total. The van der Waals surface area contributed by atoms with E-state index >= 15 is 0 Å². The second-order valence-electron chi connectivity index (χ2n) is 2.66. The van der Waals surface area contributed by atoms with Crippen LogP contribution in [0.2, 0.25) is 0 Å². The van der Waals surface area contributed by atoms with E-state index in [2.05, 4.69) is 13.8 Å². The van der Waals surface area contributed by atoms with Crippen molar-refractivity contribution in [3.8, 4) is 0 Å². The van der Waals surface area contributed by atoms with Crippen LogP contribution in [0.4, 0.5) is 0 Å². The Labute approximate surface area is 184 Å². The molecule has 0 aliphatic heterocycles. The fraction of sp³-hybridized carbons (Fsp3) is 1.00. The summed E-state index contributed by atoms with van der Waals surface area (Å²) in [6.07, 6.45) is 2.90. The molecule has 36 valence electrons. The molecule has 0 heterocycles. The van der Waals surface area contributed by atoms with Crippen LogP contribution in [0.1, 0.15) is 31.0 Å². The third kappa shape index (κ3) is 10.9. The molecule has 0 nitrogen and oxygen atoms in total. The molecule has 0 bridgehead atoms. The first-order valence-corrected chi connectivity index (χ1v) is 2.21. The normalized spacial score (nSPS) is 18.8. The topological polar surface area (TPSA) is 0 Å². The molecule has 0 amide bonds. The molecule has 0 aromatic heterocycles. The second kappa shape index (κ2) is 8.50. The Bertz CT molecular complexity index is 54.9. The van der Waals surface area contributed by atoms with E-state index < -0.39 is 0 Å². The van der Waals surface area contributed by atoms with E-state index in [9.17, 15) is 0 Å². The number of hydrogen-bond acceptors (Lipinski definition) is 0. The van der Waals surface area contributed by atoms with Gasteiger partial charge in [0.2, 0.25) is 0 Å². The molecule has 1 rings (SSSR count). The zero-order valence-corrected chi connectivity index (χ0v) is 16.3. The quantitative estimate of drug-likeness (QED) is 0.333. The monoisotopic (exact) mass is 190 g/mol. The van der Waals surface area contributed by atoms with Crippen molar-refractivity contribution in [3.05, 3.63) is 0 Å². The smallest absolute Gasteiger partial charge is 1.00 e. The third-order valence-electron chi connectivity index (χ3n) is 1.25. The summed E-state index contributed by atoms with van der Waals surface area (Å²) in [5.41, 5.74) is 0.750. The van der Waals surface area contributed by atoms with Gasteiger partial charge >= 0.3 is 154 Å². The molecule has 1 saturated carbocycles. The van der Waals surface area contributed by atoms with Crippen LogP contribution in [0.3, 0.4) is 0 Å². The van der Waals surface area contributed by atoms with Crippen LogP contribution in [0.15, 0.2) is 0 Å². The minimum Gasteiger partial charge on any atom is -1.00 e. The van der Waals surface area contributed by atoms with Crippen LogP contribution >= 0.6 is 0 Å². The first-order valence-electron chi connectivity index (χ1n) is 2.21. The van der Waals surface area contributed by atoms with Crippen molar-refractivity contribution in [1.29, 1.82) is 0 Å². The van der Waals surface area contributed by atoms with Crippen molar-refractivity contribution >= 4 is 0 Å². The maximum absolute atomic E-state index is 2.30. The Morgan fingerprint density at radius 3 is 1.12 bits per heavy atom. The first-order chi connectivity index (χ1) is 2.21. The van der Waals surface area contributed by atoms with Gasteiger partial charge in [-0.3, -0.25) is 0 Å². The van der Waals surface area contributed by atoms with Crippen molar-refractivity contribution in [2.45, 2.75) is 26.7 Å². The predicted molar refractivity (Wildman–Crippen MR) is 26.4 cm³/mol. The molecule has 8 heavy (non-hydrogen) atoms. The van der Waals surface area contributed by atoms with Gasteiger partial charge in [0.1, 0.15) is 0 Å². The van der Waals surface area contributed by atoms with Crippen molar-refractivity contribution in [1.82, 2.24) is 0 Å². The van der Waals surface area contributed by atoms with Gasteiger partial charge in [0, 0.05) is 0 Å². The molecule has 0 saturated heterocycles. The maximum atomic E-state index is 2.30. The van der Waals surface area contributed by atoms with Gasteiger partial charge in [-0.25, -0.2) is 0 Å². The average molecular weight is 190 g/mol. The van der Waals surface area contributed by atoms with Crippen LogP contribution in [-0.4, -0.2) is 0 Å². The summed E-state index contributed by atoms with van der Waals surface area (Å²) in [4.78, 5) is 0. The van der Waals surface area contributed by atoms with Crippen molar-refractivity contribution in [2.75, 3.05) is 0 Å². The average Bonchev–Trinajstić information content (AvgIpc) is 1.76. The number of rotatable bonds is 0. The van der Waals surface area contributed by atoms with E-state index in [1.54, 1.807) is 0 Å². The minimum absolute atomic E-state index is 0. The van der Waals surface area contributed by atoms with Gasteiger partial charge < -0.3 is 4.28 Å². The molecule has 0 aromatic carbocycles. The summed E-state index contributed by atoms with van der Waals surface area (Å²) >= 11 is 0. The fourth-order valence-electron chi connectivity index (χ4n) is 0.250. The zero-order chi connectivity index (χ0) is 3.91. The Morgan fingerprint density at radius 2 is 1.12 bits per heavy atom. The van der Waals surface area contributed by atoms with Crippen molar-refractivity contribution in [2.24, 2.45) is 5.41 Å². The predicted octanol–water partition coefficient (Wildman–Crippen LogP) is -6.84. The summed E-state index contributed by atoms with van der Waals surface area (Å²) in [6, 6.07) is 0.